The van der Waals surface area contributed by atoms with Crippen LogP contribution in [0.2, 0.25) is 39.3 Å². The van der Waals surface area contributed by atoms with Gasteiger partial charge in [0.1, 0.15) is 16.8 Å². The van der Waals surface area contributed by atoms with Gasteiger partial charge in [0.2, 0.25) is 5.79 Å². The second kappa shape index (κ2) is 8.16. The van der Waals surface area contributed by atoms with Crippen molar-refractivity contribution in [3.05, 3.63) is 52.4 Å². The smallest absolute Gasteiger partial charge is 0.338 e. The monoisotopic (exact) mass is 576 g/mol. The van der Waals surface area contributed by atoms with Gasteiger partial charge in [-0.15, -0.1) is 0 Å². The molecule has 210 valence electrons. The summed E-state index contributed by atoms with van der Waals surface area (Å²) < 4.78 is 54.7. The van der Waals surface area contributed by atoms with Crippen LogP contribution in [0.15, 0.2) is 51.8 Å². The Morgan fingerprint density at radius 1 is 1.03 bits per heavy atom. The summed E-state index contributed by atoms with van der Waals surface area (Å²) in [6.45, 7) is 22.4. The molecule has 0 aromatic heterocycles. The van der Waals surface area contributed by atoms with Gasteiger partial charge in [-0.1, -0.05) is 62.8 Å². The number of hydrogen-bond acceptors (Lipinski definition) is 6. The molecule has 0 amide bonds. The largest absolute Gasteiger partial charge is 0.408 e. The average molecular weight is 577 g/mol. The van der Waals surface area contributed by atoms with Crippen molar-refractivity contribution < 1.29 is 26.5 Å². The fraction of sp³-hybridized carbons (Fsp3) is 0.655. The van der Waals surface area contributed by atoms with Crippen LogP contribution in [0.3, 0.4) is 0 Å². The van der Waals surface area contributed by atoms with Crippen LogP contribution in [0, 0.1) is 29.1 Å². The Morgan fingerprint density at radius 3 is 2.16 bits per heavy atom. The molecular formula is C29H44O6SSi2. The summed E-state index contributed by atoms with van der Waals surface area (Å²) in [6, 6.07) is 6.86. The molecule has 6 rings (SSSR count). The van der Waals surface area contributed by atoms with Gasteiger partial charge >= 0.3 is 10.1 Å². The van der Waals surface area contributed by atoms with Crippen molar-refractivity contribution in [1.29, 1.82) is 0 Å². The van der Waals surface area contributed by atoms with E-state index < -0.39 is 54.6 Å². The third-order valence-corrected chi connectivity index (χ3v) is 14.1. The quantitative estimate of drug-likeness (QED) is 0.212. The summed E-state index contributed by atoms with van der Waals surface area (Å²) in [7, 11) is -6.76. The summed E-state index contributed by atoms with van der Waals surface area (Å²) in [5.74, 6) is -0.471. The van der Waals surface area contributed by atoms with Crippen LogP contribution >= 0.6 is 0 Å². The first-order chi connectivity index (χ1) is 17.3. The molecule has 1 aliphatic heterocycles. The lowest BCUT2D eigenvalue weighted by Crippen LogP contribution is -2.77. The van der Waals surface area contributed by atoms with Crippen molar-refractivity contribution in [2.45, 2.75) is 90.2 Å². The lowest BCUT2D eigenvalue weighted by Gasteiger charge is -2.69. The number of methoxy groups -OCH3 is 1. The van der Waals surface area contributed by atoms with Crippen LogP contribution in [0.4, 0.5) is 0 Å². The van der Waals surface area contributed by atoms with E-state index in [1.807, 2.05) is 6.92 Å². The van der Waals surface area contributed by atoms with E-state index in [1.54, 1.807) is 31.4 Å². The first-order valence-electron chi connectivity index (χ1n) is 13.7. The summed E-state index contributed by atoms with van der Waals surface area (Å²) in [5, 5.41) is 1.14. The molecule has 5 aliphatic rings. The molecule has 0 N–H and O–H groups in total. The number of ether oxygens (including phenoxy) is 2. The van der Waals surface area contributed by atoms with E-state index >= 15 is 0 Å². The van der Waals surface area contributed by atoms with Crippen molar-refractivity contribution in [2.75, 3.05) is 13.7 Å². The SMILES string of the molecule is COC12OCC3(C)C4=CCC(C)C4(C([Si](C)(C)C)=C(OS(=O)(=O)c4ccc(C)cc4)C31C)C2O[Si](C)(C)C. The second-order valence-corrected chi connectivity index (χ2v) is 25.2. The molecule has 0 radical (unpaired) electrons. The van der Waals surface area contributed by atoms with Crippen molar-refractivity contribution in [3.8, 4) is 0 Å². The Bertz CT molecular complexity index is 1340. The zero-order chi connectivity index (χ0) is 28.3. The first kappa shape index (κ1) is 28.3. The molecule has 1 aromatic rings. The Labute approximate surface area is 231 Å². The van der Waals surface area contributed by atoms with Gasteiger partial charge < -0.3 is 18.1 Å². The second-order valence-electron chi connectivity index (χ2n) is 14.2. The predicted octanol–water partition coefficient (Wildman–Crippen LogP) is 6.42. The molecule has 9 heteroatoms. The molecule has 1 spiro atoms. The van der Waals surface area contributed by atoms with Crippen LogP contribution in [0.25, 0.3) is 0 Å². The zero-order valence-electron chi connectivity index (χ0n) is 24.8. The number of aryl methyl sites for hydroxylation is 1. The third-order valence-electron chi connectivity index (χ3n) is 9.75. The van der Waals surface area contributed by atoms with Gasteiger partial charge in [-0.05, 0) is 63.2 Å². The number of benzene rings is 1. The summed E-state index contributed by atoms with van der Waals surface area (Å²) in [5.41, 5.74) is 0.345. The van der Waals surface area contributed by atoms with Gasteiger partial charge in [0.15, 0.2) is 8.32 Å². The molecule has 4 bridgehead atoms. The van der Waals surface area contributed by atoms with Crippen LogP contribution in [0.5, 0.6) is 0 Å². The summed E-state index contributed by atoms with van der Waals surface area (Å²) in [4.78, 5) is 0.156. The number of allylic oxidation sites excluding steroid dienone is 1. The first-order valence-corrected chi connectivity index (χ1v) is 22.0. The minimum absolute atomic E-state index is 0.156. The average Bonchev–Trinajstić information content (AvgIpc) is 3.22. The molecule has 38 heavy (non-hydrogen) atoms. The Hall–Kier alpha value is -1.24. The molecule has 1 saturated carbocycles. The van der Waals surface area contributed by atoms with Crippen molar-refractivity contribution in [3.63, 3.8) is 0 Å². The lowest BCUT2D eigenvalue weighted by molar-refractivity contribution is -0.319. The molecular weight excluding hydrogens is 533 g/mol. The highest BCUT2D eigenvalue weighted by molar-refractivity contribution is 7.86. The van der Waals surface area contributed by atoms with Crippen LogP contribution in [-0.4, -0.2) is 50.4 Å². The van der Waals surface area contributed by atoms with E-state index in [1.165, 1.54) is 5.57 Å². The minimum atomic E-state index is -4.11. The molecule has 4 aliphatic carbocycles. The van der Waals surface area contributed by atoms with Gasteiger partial charge in [0.05, 0.1) is 20.1 Å². The molecule has 1 aromatic carbocycles. The van der Waals surface area contributed by atoms with E-state index in [0.29, 0.717) is 12.4 Å². The predicted molar refractivity (Wildman–Crippen MR) is 154 cm³/mol. The fourth-order valence-corrected chi connectivity index (χ4v) is 13.0. The van der Waals surface area contributed by atoms with Gasteiger partial charge in [-0.25, -0.2) is 0 Å². The molecule has 6 atom stereocenters. The van der Waals surface area contributed by atoms with Gasteiger partial charge in [-0.2, -0.15) is 8.42 Å². The van der Waals surface area contributed by atoms with E-state index in [0.717, 1.165) is 17.2 Å². The van der Waals surface area contributed by atoms with E-state index in [-0.39, 0.29) is 10.8 Å². The zero-order valence-corrected chi connectivity index (χ0v) is 27.6. The van der Waals surface area contributed by atoms with Gasteiger partial charge in [0.25, 0.3) is 0 Å². The van der Waals surface area contributed by atoms with Crippen molar-refractivity contribution in [2.24, 2.45) is 22.2 Å². The fourth-order valence-electron chi connectivity index (χ4n) is 8.11. The van der Waals surface area contributed by atoms with E-state index in [9.17, 15) is 8.42 Å². The highest BCUT2D eigenvalue weighted by Gasteiger charge is 2.87. The highest BCUT2D eigenvalue weighted by atomic mass is 32.2. The Kier molecular flexibility index (Phi) is 6.08. The maximum absolute atomic E-state index is 14.0. The topological polar surface area (TPSA) is 71.1 Å². The standard InChI is InChI=1S/C29H44O6SSi2/c1-19-12-15-21(16-13-19)36(30,31)34-23-24(37(6,7)8)28-20(2)14-17-22(28)26(3)18-33-29(32-5,27(23,26)4)25(28)35-38(9,10)11/h12-13,15-17,20,25H,14,18H2,1-11H3. The lowest BCUT2D eigenvalue weighted by atomic mass is 9.41. The molecule has 2 fully saturated rings. The summed E-state index contributed by atoms with van der Waals surface area (Å²) >= 11 is 0. The van der Waals surface area contributed by atoms with E-state index in [4.69, 9.17) is 18.1 Å². The maximum Gasteiger partial charge on any atom is 0.338 e. The molecule has 6 unspecified atom stereocenters. The Balaban J connectivity index is 1.89. The van der Waals surface area contributed by atoms with Crippen molar-refractivity contribution in [1.82, 2.24) is 0 Å². The Morgan fingerprint density at radius 2 is 1.63 bits per heavy atom. The number of rotatable bonds is 7. The summed E-state index contributed by atoms with van der Waals surface area (Å²) in [6.07, 6.45) is 2.90. The molecule has 6 nitrogen and oxygen atoms in total. The molecule has 1 heterocycles. The molecule has 1 saturated heterocycles. The van der Waals surface area contributed by atoms with Crippen molar-refractivity contribution >= 4 is 26.5 Å². The van der Waals surface area contributed by atoms with Crippen LogP contribution in [-0.2, 0) is 28.2 Å². The minimum Gasteiger partial charge on any atom is -0.408 e. The van der Waals surface area contributed by atoms with Crippen LogP contribution in [0.1, 0.15) is 32.8 Å². The number of hydrogen-bond donors (Lipinski definition) is 0. The van der Waals surface area contributed by atoms with E-state index in [2.05, 4.69) is 66.1 Å². The normalized spacial score (nSPS) is 38.4. The maximum atomic E-state index is 14.0. The van der Waals surface area contributed by atoms with Gasteiger partial charge in [0, 0.05) is 17.9 Å². The van der Waals surface area contributed by atoms with Gasteiger partial charge in [-0.3, -0.25) is 0 Å². The highest BCUT2D eigenvalue weighted by Crippen LogP contribution is 2.82. The van der Waals surface area contributed by atoms with Crippen LogP contribution < -0.4 is 0 Å². The third kappa shape index (κ3) is 3.29.